The maximum absolute atomic E-state index is 12.3. The molecule has 1 atom stereocenters. The molecule has 1 aliphatic rings. The summed E-state index contributed by atoms with van der Waals surface area (Å²) >= 11 is 0. The molecule has 1 saturated heterocycles. The number of nitrogens with one attached hydrogen (secondary N) is 1. The van der Waals surface area contributed by atoms with Gasteiger partial charge in [-0.15, -0.1) is 5.10 Å². The molecule has 28 heavy (non-hydrogen) atoms. The van der Waals surface area contributed by atoms with E-state index < -0.39 is 0 Å². The number of carbonyl (C=O) groups is 2. The van der Waals surface area contributed by atoms with Gasteiger partial charge in [0.1, 0.15) is 0 Å². The van der Waals surface area contributed by atoms with Crippen molar-refractivity contribution in [1.29, 1.82) is 0 Å². The van der Waals surface area contributed by atoms with Crippen molar-refractivity contribution in [3.8, 4) is 0 Å². The lowest BCUT2D eigenvalue weighted by molar-refractivity contribution is -0.117. The van der Waals surface area contributed by atoms with E-state index in [4.69, 9.17) is 4.42 Å². The van der Waals surface area contributed by atoms with Gasteiger partial charge in [-0.05, 0) is 23.8 Å². The molecule has 4 rings (SSSR count). The van der Waals surface area contributed by atoms with E-state index in [1.165, 1.54) is 6.08 Å². The van der Waals surface area contributed by atoms with Crippen LogP contribution in [0.5, 0.6) is 0 Å². The summed E-state index contributed by atoms with van der Waals surface area (Å²) in [6, 6.07) is 18.9. The van der Waals surface area contributed by atoms with Gasteiger partial charge in [0.05, 0.1) is 5.92 Å². The zero-order chi connectivity index (χ0) is 19.3. The highest BCUT2D eigenvalue weighted by Gasteiger charge is 2.35. The van der Waals surface area contributed by atoms with E-state index in [0.717, 1.165) is 11.3 Å². The van der Waals surface area contributed by atoms with Crippen molar-refractivity contribution in [3.63, 3.8) is 0 Å². The Hall–Kier alpha value is -3.74. The van der Waals surface area contributed by atoms with Gasteiger partial charge in [-0.2, -0.15) is 0 Å². The lowest BCUT2D eigenvalue weighted by Gasteiger charge is -2.15. The second-order valence-electron chi connectivity index (χ2n) is 6.42. The van der Waals surface area contributed by atoms with E-state index in [1.807, 2.05) is 60.7 Å². The van der Waals surface area contributed by atoms with Crippen LogP contribution in [0.3, 0.4) is 0 Å². The quantitative estimate of drug-likeness (QED) is 0.693. The van der Waals surface area contributed by atoms with Crippen LogP contribution in [0.1, 0.15) is 23.8 Å². The highest BCUT2D eigenvalue weighted by Crippen LogP contribution is 2.31. The SMILES string of the molecule is O=C(/C=C/c1ccccc1)Nc1nnc([C@H]2CC(=O)N(c3ccccc3)C2)o1. The molecule has 1 fully saturated rings. The van der Waals surface area contributed by atoms with Crippen molar-refractivity contribution < 1.29 is 14.0 Å². The number of hydrogen-bond acceptors (Lipinski definition) is 5. The third kappa shape index (κ3) is 3.98. The van der Waals surface area contributed by atoms with Crippen molar-refractivity contribution in [2.75, 3.05) is 16.8 Å². The van der Waals surface area contributed by atoms with Crippen LogP contribution in [0.15, 0.2) is 71.2 Å². The number of aromatic nitrogens is 2. The van der Waals surface area contributed by atoms with Gasteiger partial charge >= 0.3 is 6.01 Å². The Labute approximate surface area is 161 Å². The molecule has 7 heteroatoms. The summed E-state index contributed by atoms with van der Waals surface area (Å²) in [5.74, 6) is -0.224. The van der Waals surface area contributed by atoms with Crippen molar-refractivity contribution in [3.05, 3.63) is 78.2 Å². The highest BCUT2D eigenvalue weighted by atomic mass is 16.4. The van der Waals surface area contributed by atoms with E-state index in [-0.39, 0.29) is 23.7 Å². The first kappa shape index (κ1) is 17.7. The number of carbonyl (C=O) groups excluding carboxylic acids is 2. The molecule has 2 amide bonds. The summed E-state index contributed by atoms with van der Waals surface area (Å²) in [5.41, 5.74) is 1.75. The summed E-state index contributed by atoms with van der Waals surface area (Å²) in [6.45, 7) is 0.465. The van der Waals surface area contributed by atoms with Crippen LogP contribution >= 0.6 is 0 Å². The Bertz CT molecular complexity index is 999. The first-order chi connectivity index (χ1) is 13.7. The topological polar surface area (TPSA) is 88.3 Å². The molecular formula is C21H18N4O3. The molecular weight excluding hydrogens is 356 g/mol. The molecule has 0 radical (unpaired) electrons. The lowest BCUT2D eigenvalue weighted by atomic mass is 10.1. The first-order valence-corrected chi connectivity index (χ1v) is 8.92. The number of rotatable bonds is 5. The number of para-hydroxylation sites is 1. The second kappa shape index (κ2) is 7.87. The number of benzene rings is 2. The van der Waals surface area contributed by atoms with Crippen LogP contribution in [-0.2, 0) is 9.59 Å². The maximum atomic E-state index is 12.3. The zero-order valence-corrected chi connectivity index (χ0v) is 15.0. The van der Waals surface area contributed by atoms with Crippen LogP contribution in [-0.4, -0.2) is 28.6 Å². The van der Waals surface area contributed by atoms with E-state index in [2.05, 4.69) is 15.5 Å². The van der Waals surface area contributed by atoms with Gasteiger partial charge in [0.2, 0.25) is 11.8 Å². The highest BCUT2D eigenvalue weighted by molar-refractivity contribution is 6.00. The Morgan fingerprint density at radius 3 is 2.54 bits per heavy atom. The summed E-state index contributed by atoms with van der Waals surface area (Å²) in [5, 5.41) is 10.4. The zero-order valence-electron chi connectivity index (χ0n) is 15.0. The normalized spacial score (nSPS) is 16.6. The third-order valence-corrected chi connectivity index (χ3v) is 4.44. The minimum absolute atomic E-state index is 0.00535. The molecule has 2 aromatic carbocycles. The van der Waals surface area contributed by atoms with Crippen LogP contribution in [0.2, 0.25) is 0 Å². The van der Waals surface area contributed by atoms with Gasteiger partial charge in [-0.3, -0.25) is 14.9 Å². The lowest BCUT2D eigenvalue weighted by Crippen LogP contribution is -2.24. The Morgan fingerprint density at radius 2 is 1.79 bits per heavy atom. The van der Waals surface area contributed by atoms with E-state index >= 15 is 0 Å². The van der Waals surface area contributed by atoms with E-state index in [9.17, 15) is 9.59 Å². The Morgan fingerprint density at radius 1 is 1.07 bits per heavy atom. The molecule has 3 aromatic rings. The van der Waals surface area contributed by atoms with Gasteiger partial charge in [0.15, 0.2) is 0 Å². The van der Waals surface area contributed by atoms with Gasteiger partial charge in [0, 0.05) is 24.7 Å². The Balaban J connectivity index is 1.39. The molecule has 0 aliphatic carbocycles. The molecule has 1 aliphatic heterocycles. The second-order valence-corrected chi connectivity index (χ2v) is 6.42. The average molecular weight is 374 g/mol. The smallest absolute Gasteiger partial charge is 0.322 e. The van der Waals surface area contributed by atoms with E-state index in [1.54, 1.807) is 11.0 Å². The Kier molecular flexibility index (Phi) is 4.97. The maximum Gasteiger partial charge on any atom is 0.322 e. The summed E-state index contributed by atoms with van der Waals surface area (Å²) in [4.78, 5) is 26.0. The summed E-state index contributed by atoms with van der Waals surface area (Å²) < 4.78 is 5.56. The number of nitrogens with zero attached hydrogens (tertiary/aromatic N) is 3. The fourth-order valence-electron chi connectivity index (χ4n) is 3.06. The standard InChI is InChI=1S/C21H18N4O3/c26-18(12-11-15-7-3-1-4-8-15)22-21-24-23-20(28-21)16-13-19(27)25(14-16)17-9-5-2-6-10-17/h1-12,16H,13-14H2,(H,22,24,26)/b12-11+/t16-/m0/s1. The molecule has 2 heterocycles. The van der Waals surface area contributed by atoms with Crippen molar-refractivity contribution >= 4 is 29.6 Å². The largest absolute Gasteiger partial charge is 0.407 e. The van der Waals surface area contributed by atoms with Crippen molar-refractivity contribution in [2.45, 2.75) is 12.3 Å². The number of hydrogen-bond donors (Lipinski definition) is 1. The van der Waals surface area contributed by atoms with Gasteiger partial charge < -0.3 is 9.32 Å². The average Bonchev–Trinajstić information content (AvgIpc) is 3.34. The van der Waals surface area contributed by atoms with Crippen molar-refractivity contribution in [2.24, 2.45) is 0 Å². The molecule has 140 valence electrons. The fourth-order valence-corrected chi connectivity index (χ4v) is 3.06. The molecule has 0 spiro atoms. The van der Waals surface area contributed by atoms with Gasteiger partial charge in [-0.25, -0.2) is 0 Å². The number of anilines is 2. The molecule has 0 saturated carbocycles. The minimum Gasteiger partial charge on any atom is -0.407 e. The third-order valence-electron chi connectivity index (χ3n) is 4.44. The molecule has 1 N–H and O–H groups in total. The molecule has 7 nitrogen and oxygen atoms in total. The predicted molar refractivity (Wildman–Crippen MR) is 105 cm³/mol. The summed E-state index contributed by atoms with van der Waals surface area (Å²) in [6.07, 6.45) is 3.38. The van der Waals surface area contributed by atoms with Crippen molar-refractivity contribution in [1.82, 2.24) is 10.2 Å². The van der Waals surface area contributed by atoms with E-state index in [0.29, 0.717) is 18.9 Å². The fraction of sp³-hybridized carbons (Fsp3) is 0.143. The van der Waals surface area contributed by atoms with Gasteiger partial charge in [0.25, 0.3) is 5.91 Å². The number of amides is 2. The molecule has 0 bridgehead atoms. The first-order valence-electron chi connectivity index (χ1n) is 8.92. The summed E-state index contributed by atoms with van der Waals surface area (Å²) in [7, 11) is 0. The van der Waals surface area contributed by atoms with Crippen LogP contribution in [0.25, 0.3) is 6.08 Å². The van der Waals surface area contributed by atoms with Crippen LogP contribution in [0, 0.1) is 0 Å². The van der Waals surface area contributed by atoms with Crippen LogP contribution < -0.4 is 10.2 Å². The predicted octanol–water partition coefficient (Wildman–Crippen LogP) is 3.24. The minimum atomic E-state index is -0.368. The monoisotopic (exact) mass is 374 g/mol. The van der Waals surface area contributed by atoms with Gasteiger partial charge in [-0.1, -0.05) is 53.6 Å². The van der Waals surface area contributed by atoms with Crippen LogP contribution in [0.4, 0.5) is 11.7 Å². The molecule has 0 unspecified atom stereocenters. The molecule has 1 aromatic heterocycles.